The van der Waals surface area contributed by atoms with Gasteiger partial charge >= 0.3 is 5.97 Å². The second-order valence-corrected chi connectivity index (χ2v) is 8.90. The Balaban J connectivity index is 1.66. The van der Waals surface area contributed by atoms with E-state index >= 15 is 0 Å². The number of fused-ring (bicyclic) bond motifs is 1. The van der Waals surface area contributed by atoms with Crippen molar-refractivity contribution in [3.63, 3.8) is 0 Å². The highest BCUT2D eigenvalue weighted by Crippen LogP contribution is 2.33. The maximum Gasteiger partial charge on any atom is 0.339 e. The van der Waals surface area contributed by atoms with Crippen LogP contribution in [0.5, 0.6) is 0 Å². The van der Waals surface area contributed by atoms with Crippen molar-refractivity contribution in [3.8, 4) is 11.3 Å². The van der Waals surface area contributed by atoms with Gasteiger partial charge in [-0.3, -0.25) is 4.79 Å². The number of thiophene rings is 1. The van der Waals surface area contributed by atoms with Gasteiger partial charge in [0.15, 0.2) is 11.9 Å². The summed E-state index contributed by atoms with van der Waals surface area (Å²) in [7, 11) is 0. The lowest BCUT2D eigenvalue weighted by Crippen LogP contribution is -2.32. The molecule has 0 aliphatic rings. The maximum atomic E-state index is 13.2. The highest BCUT2D eigenvalue weighted by molar-refractivity contribution is 7.12. The molecule has 10 heteroatoms. The van der Waals surface area contributed by atoms with E-state index in [9.17, 15) is 9.59 Å². The minimum atomic E-state index is -1.02. The van der Waals surface area contributed by atoms with Crippen LogP contribution in [-0.2, 0) is 9.53 Å². The van der Waals surface area contributed by atoms with Crippen LogP contribution in [0.1, 0.15) is 44.9 Å². The van der Waals surface area contributed by atoms with Gasteiger partial charge in [0.05, 0.1) is 22.3 Å². The first-order valence-corrected chi connectivity index (χ1v) is 10.9. The molecular formula is C22H22N4O5S. The molecular weight excluding hydrogens is 432 g/mol. The van der Waals surface area contributed by atoms with Gasteiger partial charge in [-0.25, -0.2) is 9.78 Å². The van der Waals surface area contributed by atoms with Crippen molar-refractivity contribution in [2.75, 3.05) is 5.32 Å². The van der Waals surface area contributed by atoms with Crippen molar-refractivity contribution in [1.82, 2.24) is 15.3 Å². The molecule has 0 aliphatic carbocycles. The van der Waals surface area contributed by atoms with E-state index in [1.54, 1.807) is 44.2 Å². The SMILES string of the molecule is CC[C@@H](OC(=O)c1cc(-c2cc(C)sc2C)nc2onc(C)c12)C(=O)Nc1cc(C)on1. The van der Waals surface area contributed by atoms with Crippen LogP contribution in [0.25, 0.3) is 22.4 Å². The topological polar surface area (TPSA) is 120 Å². The number of hydrogen-bond acceptors (Lipinski definition) is 9. The lowest BCUT2D eigenvalue weighted by Gasteiger charge is -2.15. The smallest absolute Gasteiger partial charge is 0.339 e. The number of anilines is 1. The molecule has 4 aromatic heterocycles. The summed E-state index contributed by atoms with van der Waals surface area (Å²) in [6, 6.07) is 5.25. The van der Waals surface area contributed by atoms with Crippen LogP contribution >= 0.6 is 11.3 Å². The van der Waals surface area contributed by atoms with E-state index < -0.39 is 18.0 Å². The lowest BCUT2D eigenvalue weighted by atomic mass is 10.1. The molecule has 32 heavy (non-hydrogen) atoms. The number of aromatic nitrogens is 3. The molecule has 4 heterocycles. The van der Waals surface area contributed by atoms with Crippen molar-refractivity contribution in [2.45, 2.75) is 47.1 Å². The first-order valence-electron chi connectivity index (χ1n) is 10.1. The second kappa shape index (κ2) is 8.54. The number of carbonyl (C=O) groups excluding carboxylic acids is 2. The number of esters is 1. The number of amides is 1. The van der Waals surface area contributed by atoms with Crippen LogP contribution in [0.2, 0.25) is 0 Å². The number of carbonyl (C=O) groups is 2. The molecule has 0 saturated carbocycles. The normalized spacial score (nSPS) is 12.2. The fourth-order valence-electron chi connectivity index (χ4n) is 3.43. The quantitative estimate of drug-likeness (QED) is 0.415. The molecule has 4 rings (SSSR count). The molecule has 0 aromatic carbocycles. The monoisotopic (exact) mass is 454 g/mol. The molecule has 0 unspecified atom stereocenters. The highest BCUT2D eigenvalue weighted by atomic mass is 32.1. The largest absolute Gasteiger partial charge is 0.449 e. The number of nitrogens with one attached hydrogen (secondary N) is 1. The number of pyridine rings is 1. The van der Waals surface area contributed by atoms with E-state index in [-0.39, 0.29) is 23.5 Å². The molecule has 166 valence electrons. The number of aryl methyl sites for hydroxylation is 4. The van der Waals surface area contributed by atoms with Crippen LogP contribution in [-0.4, -0.2) is 33.3 Å². The molecule has 4 aromatic rings. The Morgan fingerprint density at radius 3 is 2.53 bits per heavy atom. The van der Waals surface area contributed by atoms with Crippen molar-refractivity contribution in [3.05, 3.63) is 45.0 Å². The van der Waals surface area contributed by atoms with Crippen molar-refractivity contribution in [2.24, 2.45) is 0 Å². The van der Waals surface area contributed by atoms with Gasteiger partial charge < -0.3 is 19.1 Å². The minimum absolute atomic E-state index is 0.241. The Morgan fingerprint density at radius 2 is 1.91 bits per heavy atom. The third-order valence-corrected chi connectivity index (χ3v) is 5.91. The predicted molar refractivity (Wildman–Crippen MR) is 119 cm³/mol. The van der Waals surface area contributed by atoms with E-state index in [1.165, 1.54) is 0 Å². The van der Waals surface area contributed by atoms with Crippen LogP contribution in [0.4, 0.5) is 5.82 Å². The Morgan fingerprint density at radius 1 is 1.12 bits per heavy atom. The third-order valence-electron chi connectivity index (χ3n) is 4.95. The Bertz CT molecular complexity index is 1320. The zero-order valence-corrected chi connectivity index (χ0v) is 19.1. The zero-order chi connectivity index (χ0) is 23.0. The van der Waals surface area contributed by atoms with Crippen molar-refractivity contribution < 1.29 is 23.4 Å². The van der Waals surface area contributed by atoms with E-state index in [1.807, 2.05) is 19.9 Å². The number of ether oxygens (including phenoxy) is 1. The minimum Gasteiger partial charge on any atom is -0.449 e. The summed E-state index contributed by atoms with van der Waals surface area (Å²) in [5.74, 6) is -0.341. The van der Waals surface area contributed by atoms with Crippen molar-refractivity contribution in [1.29, 1.82) is 0 Å². The molecule has 1 atom stereocenters. The Labute approximate surface area is 187 Å². The number of rotatable bonds is 6. The van der Waals surface area contributed by atoms with E-state index in [2.05, 4.69) is 20.6 Å². The summed E-state index contributed by atoms with van der Waals surface area (Å²) >= 11 is 1.64. The van der Waals surface area contributed by atoms with E-state index in [0.717, 1.165) is 15.3 Å². The van der Waals surface area contributed by atoms with Gasteiger partial charge in [0.2, 0.25) is 0 Å². The van der Waals surface area contributed by atoms with Crippen LogP contribution < -0.4 is 5.32 Å². The molecule has 0 spiro atoms. The molecule has 1 N–H and O–H groups in total. The summed E-state index contributed by atoms with van der Waals surface area (Å²) in [5.41, 5.74) is 2.49. The average Bonchev–Trinajstić information content (AvgIpc) is 3.43. The molecule has 0 bridgehead atoms. The van der Waals surface area contributed by atoms with Gasteiger partial charge in [-0.1, -0.05) is 17.2 Å². The number of hydrogen-bond donors (Lipinski definition) is 1. The molecule has 0 saturated heterocycles. The highest BCUT2D eigenvalue weighted by Gasteiger charge is 2.27. The zero-order valence-electron chi connectivity index (χ0n) is 18.3. The summed E-state index contributed by atoms with van der Waals surface area (Å²) in [6.45, 7) is 9.19. The van der Waals surface area contributed by atoms with Crippen molar-refractivity contribution >= 4 is 40.1 Å². The standard InChI is InChI=1S/C22H22N4O5S/c1-6-17(20(27)24-18-7-10(2)30-26-18)29-22(28)15-9-16(14-8-11(3)32-13(14)5)23-21-19(15)12(4)25-31-21/h7-9,17H,6H2,1-5H3,(H,24,26,27)/t17-/m1/s1. The first-order chi connectivity index (χ1) is 15.3. The second-order valence-electron chi connectivity index (χ2n) is 7.44. The summed E-state index contributed by atoms with van der Waals surface area (Å²) in [6.07, 6.45) is -0.738. The number of nitrogens with zero attached hydrogens (tertiary/aromatic N) is 3. The molecule has 0 fully saturated rings. The fraction of sp³-hybridized carbons (Fsp3) is 0.318. The maximum absolute atomic E-state index is 13.2. The predicted octanol–water partition coefficient (Wildman–Crippen LogP) is 4.75. The van der Waals surface area contributed by atoms with Gasteiger partial charge in [0, 0.05) is 21.4 Å². The van der Waals surface area contributed by atoms with Gasteiger partial charge in [-0.2, -0.15) is 0 Å². The van der Waals surface area contributed by atoms with Crippen LogP contribution in [0, 0.1) is 27.7 Å². The Kier molecular flexibility index (Phi) is 5.79. The molecule has 0 radical (unpaired) electrons. The van der Waals surface area contributed by atoms with Gasteiger partial charge in [0.1, 0.15) is 5.76 Å². The third kappa shape index (κ3) is 4.13. The Hall–Kier alpha value is -3.53. The van der Waals surface area contributed by atoms with E-state index in [0.29, 0.717) is 22.5 Å². The van der Waals surface area contributed by atoms with Gasteiger partial charge in [0.25, 0.3) is 11.6 Å². The molecule has 0 aliphatic heterocycles. The van der Waals surface area contributed by atoms with Crippen LogP contribution in [0.3, 0.4) is 0 Å². The fourth-order valence-corrected chi connectivity index (χ4v) is 4.36. The summed E-state index contributed by atoms with van der Waals surface area (Å²) in [4.78, 5) is 32.5. The molecule has 9 nitrogen and oxygen atoms in total. The van der Waals surface area contributed by atoms with E-state index in [4.69, 9.17) is 13.8 Å². The summed E-state index contributed by atoms with van der Waals surface area (Å²) in [5, 5.41) is 10.8. The first kappa shape index (κ1) is 21.7. The molecule has 1 amide bonds. The lowest BCUT2D eigenvalue weighted by molar-refractivity contribution is -0.124. The average molecular weight is 455 g/mol. The summed E-state index contributed by atoms with van der Waals surface area (Å²) < 4.78 is 15.9. The van der Waals surface area contributed by atoms with Crippen LogP contribution in [0.15, 0.2) is 27.2 Å². The van der Waals surface area contributed by atoms with Gasteiger partial charge in [-0.05, 0) is 46.2 Å². The van der Waals surface area contributed by atoms with Gasteiger partial charge in [-0.15, -0.1) is 11.3 Å².